The molecule has 3 aromatic rings. The summed E-state index contributed by atoms with van der Waals surface area (Å²) in [5.41, 5.74) is 1.68. The Morgan fingerprint density at radius 3 is 2.38 bits per heavy atom. The fraction of sp³-hybridized carbons (Fsp3) is 0.321. The number of aromatic nitrogens is 1. The van der Waals surface area contributed by atoms with Crippen molar-refractivity contribution in [3.8, 4) is 16.9 Å². The molecule has 0 spiro atoms. The number of benzene rings is 2. The van der Waals surface area contributed by atoms with Crippen molar-refractivity contribution < 1.29 is 32.2 Å². The van der Waals surface area contributed by atoms with Gasteiger partial charge in [-0.3, -0.25) is 4.79 Å². The summed E-state index contributed by atoms with van der Waals surface area (Å²) >= 11 is 5.80. The Hall–Kier alpha value is -3.79. The molecule has 2 aromatic carbocycles. The third-order valence-electron chi connectivity index (χ3n) is 5.90. The van der Waals surface area contributed by atoms with Crippen molar-refractivity contribution in [2.75, 3.05) is 20.3 Å². The summed E-state index contributed by atoms with van der Waals surface area (Å²) in [6.45, 7) is 3.96. The Morgan fingerprint density at radius 2 is 1.77 bits per heavy atom. The van der Waals surface area contributed by atoms with Gasteiger partial charge in [-0.05, 0) is 66.4 Å². The minimum Gasteiger partial charge on any atom is -0.496 e. The van der Waals surface area contributed by atoms with E-state index in [9.17, 15) is 22.8 Å². The second-order valence-electron chi connectivity index (χ2n) is 8.55. The largest absolute Gasteiger partial charge is 0.496 e. The van der Waals surface area contributed by atoms with Gasteiger partial charge < -0.3 is 19.7 Å². The van der Waals surface area contributed by atoms with Crippen LogP contribution in [0.1, 0.15) is 36.1 Å². The van der Waals surface area contributed by atoms with E-state index in [2.05, 4.69) is 10.3 Å². The molecule has 0 radical (unpaired) electrons. The molecule has 0 aliphatic carbocycles. The molecule has 3 rings (SSSR count). The van der Waals surface area contributed by atoms with Crippen molar-refractivity contribution in [2.24, 2.45) is 0 Å². The molecule has 0 bridgehead atoms. The number of nitrogens with one attached hydrogen (secondary N) is 1. The summed E-state index contributed by atoms with van der Waals surface area (Å²) in [7, 11) is 1.45. The Labute approximate surface area is 229 Å². The van der Waals surface area contributed by atoms with E-state index in [1.807, 2.05) is 0 Å². The molecule has 1 aromatic heterocycles. The zero-order valence-electron chi connectivity index (χ0n) is 21.8. The van der Waals surface area contributed by atoms with Gasteiger partial charge in [0.2, 0.25) is 0 Å². The van der Waals surface area contributed by atoms with Gasteiger partial charge in [-0.15, -0.1) is 0 Å². The van der Waals surface area contributed by atoms with E-state index in [4.69, 9.17) is 21.1 Å². The summed E-state index contributed by atoms with van der Waals surface area (Å²) in [6, 6.07) is 11.3. The maximum atomic E-state index is 13.7. The summed E-state index contributed by atoms with van der Waals surface area (Å²) < 4.78 is 51.5. The number of hydrogen-bond donors (Lipinski definition) is 1. The molecule has 39 heavy (non-hydrogen) atoms. The summed E-state index contributed by atoms with van der Waals surface area (Å²) in [6.07, 6.45) is -3.06. The Bertz CT molecular complexity index is 1300. The van der Waals surface area contributed by atoms with E-state index >= 15 is 0 Å². The molecule has 11 heteroatoms. The van der Waals surface area contributed by atoms with Gasteiger partial charge >= 0.3 is 18.2 Å². The average molecular weight is 564 g/mol. The number of halogens is 4. The molecule has 1 heterocycles. The number of methoxy groups -OCH3 is 1. The minimum absolute atomic E-state index is 0.0101. The first-order valence-corrected chi connectivity index (χ1v) is 12.6. The topological polar surface area (TPSA) is 80.8 Å². The second kappa shape index (κ2) is 13.3. The molecule has 0 unspecified atom stereocenters. The number of carbonyl (C=O) groups is 2. The number of alkyl halides is 3. The van der Waals surface area contributed by atoms with E-state index in [1.165, 1.54) is 24.3 Å². The predicted octanol–water partition coefficient (Wildman–Crippen LogP) is 6.27. The number of amides is 2. The Morgan fingerprint density at radius 1 is 1.03 bits per heavy atom. The van der Waals surface area contributed by atoms with Gasteiger partial charge in [-0.1, -0.05) is 29.8 Å². The highest BCUT2D eigenvalue weighted by Crippen LogP contribution is 2.38. The van der Waals surface area contributed by atoms with Crippen LogP contribution in [-0.4, -0.2) is 42.1 Å². The van der Waals surface area contributed by atoms with Crippen LogP contribution in [0, 0.1) is 0 Å². The van der Waals surface area contributed by atoms with Gasteiger partial charge in [-0.2, -0.15) is 13.2 Å². The number of pyridine rings is 1. The van der Waals surface area contributed by atoms with Crippen molar-refractivity contribution in [3.05, 3.63) is 82.1 Å². The highest BCUT2D eigenvalue weighted by molar-refractivity contribution is 6.29. The van der Waals surface area contributed by atoms with Crippen LogP contribution in [0.15, 0.2) is 54.7 Å². The molecular formula is C28H29ClF3N3O4. The van der Waals surface area contributed by atoms with Crippen molar-refractivity contribution in [3.63, 3.8) is 0 Å². The van der Waals surface area contributed by atoms with Gasteiger partial charge in [0.25, 0.3) is 0 Å². The van der Waals surface area contributed by atoms with Gasteiger partial charge in [0.05, 0.1) is 25.7 Å². The van der Waals surface area contributed by atoms with Crippen LogP contribution in [-0.2, 0) is 35.2 Å². The van der Waals surface area contributed by atoms with E-state index in [0.717, 1.165) is 12.1 Å². The third-order valence-corrected chi connectivity index (χ3v) is 6.13. The smallest absolute Gasteiger partial charge is 0.416 e. The van der Waals surface area contributed by atoms with Crippen LogP contribution >= 0.6 is 11.6 Å². The van der Waals surface area contributed by atoms with E-state index < -0.39 is 23.7 Å². The molecule has 0 fully saturated rings. The van der Waals surface area contributed by atoms with Gasteiger partial charge in [0, 0.05) is 31.4 Å². The lowest BCUT2D eigenvalue weighted by atomic mass is 9.94. The summed E-state index contributed by atoms with van der Waals surface area (Å²) in [5, 5.41) is 3.08. The molecule has 7 nitrogen and oxygen atoms in total. The van der Waals surface area contributed by atoms with Gasteiger partial charge in [0.15, 0.2) is 0 Å². The van der Waals surface area contributed by atoms with Crippen LogP contribution in [0.2, 0.25) is 5.15 Å². The fourth-order valence-corrected chi connectivity index (χ4v) is 4.06. The maximum absolute atomic E-state index is 13.7. The average Bonchev–Trinajstić information content (AvgIpc) is 2.90. The number of hydrogen-bond acceptors (Lipinski definition) is 5. The van der Waals surface area contributed by atoms with Crippen molar-refractivity contribution in [1.82, 2.24) is 15.2 Å². The van der Waals surface area contributed by atoms with E-state index in [1.54, 1.807) is 44.2 Å². The van der Waals surface area contributed by atoms with Crippen LogP contribution in [0.4, 0.5) is 18.0 Å². The van der Waals surface area contributed by atoms with Crippen molar-refractivity contribution >= 4 is 23.6 Å². The first-order valence-electron chi connectivity index (χ1n) is 12.2. The first kappa shape index (κ1) is 29.8. The number of ether oxygens (including phenoxy) is 2. The minimum atomic E-state index is -4.58. The van der Waals surface area contributed by atoms with E-state index in [-0.39, 0.29) is 38.2 Å². The lowest BCUT2D eigenvalue weighted by Gasteiger charge is -2.24. The molecule has 0 saturated carbocycles. The van der Waals surface area contributed by atoms with Crippen molar-refractivity contribution in [2.45, 2.75) is 39.5 Å². The Kier molecular flexibility index (Phi) is 10.2. The summed E-state index contributed by atoms with van der Waals surface area (Å²) in [4.78, 5) is 30.4. The van der Waals surface area contributed by atoms with Gasteiger partial charge in [0.1, 0.15) is 10.9 Å². The predicted molar refractivity (Wildman–Crippen MR) is 141 cm³/mol. The molecule has 208 valence electrons. The number of urea groups is 1. The fourth-order valence-electron chi connectivity index (χ4n) is 3.95. The molecular weight excluding hydrogens is 535 g/mol. The third kappa shape index (κ3) is 8.10. The standard InChI is InChI=1S/C28H29ClF3N3O4/c1-4-35(27(37)34-16-19-7-11-25(29)33-15-19)17-20-14-21(28(30,31)32)8-9-22(20)23-12-18(6-10-24(23)38-3)13-26(36)39-5-2/h6-12,14-15H,4-5,13,16-17H2,1-3H3,(H,34,37). The number of nitrogens with zero attached hydrogens (tertiary/aromatic N) is 2. The monoisotopic (exact) mass is 563 g/mol. The molecule has 0 saturated heterocycles. The molecule has 0 aliphatic heterocycles. The van der Waals surface area contributed by atoms with E-state index in [0.29, 0.717) is 33.2 Å². The molecule has 0 aliphatic rings. The zero-order chi connectivity index (χ0) is 28.6. The Balaban J connectivity index is 1.96. The SMILES string of the molecule is CCOC(=O)Cc1ccc(OC)c(-c2ccc(C(F)(F)F)cc2CN(CC)C(=O)NCc2ccc(Cl)nc2)c1. The van der Waals surface area contributed by atoms with Crippen molar-refractivity contribution in [1.29, 1.82) is 0 Å². The molecule has 0 atom stereocenters. The quantitative estimate of drug-likeness (QED) is 0.232. The molecule has 1 N–H and O–H groups in total. The normalized spacial score (nSPS) is 11.2. The van der Waals surface area contributed by atoms with Crippen LogP contribution in [0.5, 0.6) is 5.75 Å². The number of rotatable bonds is 10. The summed E-state index contributed by atoms with van der Waals surface area (Å²) in [5.74, 6) is -0.0164. The van der Waals surface area contributed by atoms with Crippen LogP contribution in [0.25, 0.3) is 11.1 Å². The maximum Gasteiger partial charge on any atom is 0.416 e. The highest BCUT2D eigenvalue weighted by atomic mass is 35.5. The van der Waals surface area contributed by atoms with Crippen LogP contribution < -0.4 is 10.1 Å². The second-order valence-corrected chi connectivity index (χ2v) is 8.94. The highest BCUT2D eigenvalue weighted by Gasteiger charge is 2.31. The molecule has 2 amide bonds. The first-order chi connectivity index (χ1) is 18.5. The lowest BCUT2D eigenvalue weighted by molar-refractivity contribution is -0.142. The number of carbonyl (C=O) groups excluding carboxylic acids is 2. The van der Waals surface area contributed by atoms with Crippen LogP contribution in [0.3, 0.4) is 0 Å². The van der Waals surface area contributed by atoms with Gasteiger partial charge in [-0.25, -0.2) is 9.78 Å². The zero-order valence-corrected chi connectivity index (χ0v) is 22.5. The lowest BCUT2D eigenvalue weighted by Crippen LogP contribution is -2.39. The number of esters is 1.